The van der Waals surface area contributed by atoms with Crippen LogP contribution in [0.2, 0.25) is 0 Å². The fourth-order valence-electron chi connectivity index (χ4n) is 4.57. The van der Waals surface area contributed by atoms with E-state index in [1.807, 2.05) is 19.2 Å². The maximum atomic E-state index is 13.0. The molecule has 1 saturated carbocycles. The van der Waals surface area contributed by atoms with Gasteiger partial charge in [0.05, 0.1) is 6.10 Å². The smallest absolute Gasteiger partial charge is 0.253 e. The van der Waals surface area contributed by atoms with Crippen LogP contribution in [0.3, 0.4) is 0 Å². The lowest BCUT2D eigenvalue weighted by molar-refractivity contribution is -0.0295. The Kier molecular flexibility index (Phi) is 4.74. The number of likely N-dealkylation sites (tertiary alicyclic amines) is 1. The Morgan fingerprint density at radius 2 is 1.83 bits per heavy atom. The maximum absolute atomic E-state index is 13.0. The molecule has 24 heavy (non-hydrogen) atoms. The van der Waals surface area contributed by atoms with E-state index in [1.54, 1.807) is 0 Å². The van der Waals surface area contributed by atoms with E-state index in [0.717, 1.165) is 31.5 Å². The fourth-order valence-corrected chi connectivity index (χ4v) is 4.57. The molecule has 1 aromatic carbocycles. The normalized spacial score (nSPS) is 27.7. The van der Waals surface area contributed by atoms with Crippen LogP contribution in [0.4, 0.5) is 0 Å². The van der Waals surface area contributed by atoms with E-state index >= 15 is 0 Å². The van der Waals surface area contributed by atoms with Crippen molar-refractivity contribution in [1.29, 1.82) is 0 Å². The highest BCUT2D eigenvalue weighted by Crippen LogP contribution is 2.46. The molecular weight excluding hydrogens is 298 g/mol. The highest BCUT2D eigenvalue weighted by molar-refractivity contribution is 5.94. The van der Waals surface area contributed by atoms with Crippen LogP contribution in [0.5, 0.6) is 0 Å². The lowest BCUT2D eigenvalue weighted by Gasteiger charge is -2.43. The Bertz CT molecular complexity index is 587. The third-order valence-electron chi connectivity index (χ3n) is 6.00. The van der Waals surface area contributed by atoms with Crippen molar-refractivity contribution in [2.75, 3.05) is 20.2 Å². The maximum Gasteiger partial charge on any atom is 0.253 e. The van der Waals surface area contributed by atoms with Crippen molar-refractivity contribution in [3.8, 4) is 0 Å². The van der Waals surface area contributed by atoms with Crippen molar-refractivity contribution in [1.82, 2.24) is 4.90 Å². The molecule has 2 atom stereocenters. The number of rotatable bonds is 2. The van der Waals surface area contributed by atoms with Gasteiger partial charge in [-0.3, -0.25) is 4.79 Å². The number of hydrogen-bond donors (Lipinski definition) is 0. The van der Waals surface area contributed by atoms with Crippen LogP contribution in [0.15, 0.2) is 24.3 Å². The third-order valence-corrected chi connectivity index (χ3v) is 6.00. The second-order valence-electron chi connectivity index (χ2n) is 8.64. The van der Waals surface area contributed by atoms with Crippen molar-refractivity contribution in [2.24, 2.45) is 5.41 Å². The summed E-state index contributed by atoms with van der Waals surface area (Å²) in [6, 6.07) is 8.18. The van der Waals surface area contributed by atoms with Crippen LogP contribution in [0.25, 0.3) is 0 Å². The Morgan fingerprint density at radius 1 is 1.17 bits per heavy atom. The third kappa shape index (κ3) is 3.23. The molecule has 3 rings (SSSR count). The van der Waals surface area contributed by atoms with E-state index in [4.69, 9.17) is 4.74 Å². The van der Waals surface area contributed by atoms with Crippen molar-refractivity contribution >= 4 is 5.91 Å². The van der Waals surface area contributed by atoms with Gasteiger partial charge in [0.1, 0.15) is 0 Å². The summed E-state index contributed by atoms with van der Waals surface area (Å²) in [5, 5.41) is 0. The molecule has 3 nitrogen and oxygen atoms in total. The van der Waals surface area contributed by atoms with Gasteiger partial charge in [0.15, 0.2) is 0 Å². The summed E-state index contributed by atoms with van der Waals surface area (Å²) in [5.74, 6) is 0.177. The van der Waals surface area contributed by atoms with Gasteiger partial charge in [-0.05, 0) is 48.8 Å². The first-order valence-corrected chi connectivity index (χ1v) is 9.28. The molecule has 1 spiro atoms. The van der Waals surface area contributed by atoms with E-state index in [0.29, 0.717) is 6.10 Å². The van der Waals surface area contributed by atoms with E-state index in [9.17, 15) is 4.79 Å². The summed E-state index contributed by atoms with van der Waals surface area (Å²) >= 11 is 0. The van der Waals surface area contributed by atoms with Gasteiger partial charge in [0.25, 0.3) is 5.91 Å². The molecule has 132 valence electrons. The fraction of sp³-hybridized carbons (Fsp3) is 0.667. The number of hydrogen-bond acceptors (Lipinski definition) is 2. The molecule has 0 unspecified atom stereocenters. The summed E-state index contributed by atoms with van der Waals surface area (Å²) in [6.07, 6.45) is 6.15. The van der Waals surface area contributed by atoms with Gasteiger partial charge < -0.3 is 9.64 Å². The van der Waals surface area contributed by atoms with Crippen LogP contribution in [0, 0.1) is 5.41 Å². The summed E-state index contributed by atoms with van der Waals surface area (Å²) < 4.78 is 5.75. The molecule has 0 radical (unpaired) electrons. The summed E-state index contributed by atoms with van der Waals surface area (Å²) in [5.41, 5.74) is 2.39. The molecule has 2 fully saturated rings. The van der Waals surface area contributed by atoms with Crippen LogP contribution in [0.1, 0.15) is 68.8 Å². The minimum absolute atomic E-state index is 0.117. The van der Waals surface area contributed by atoms with Crippen molar-refractivity contribution in [2.45, 2.75) is 64.4 Å². The Labute approximate surface area is 146 Å². The van der Waals surface area contributed by atoms with E-state index in [1.165, 1.54) is 24.8 Å². The van der Waals surface area contributed by atoms with Crippen LogP contribution in [-0.2, 0) is 10.2 Å². The predicted molar refractivity (Wildman–Crippen MR) is 97.4 cm³/mol. The SMILES string of the molecule is CO[C@@H]1CCC[C@@]12CCCN(C(=O)c1ccc(C(C)(C)C)cc1)C2. The molecule has 0 N–H and O–H groups in total. The van der Waals surface area contributed by atoms with Gasteiger partial charge in [-0.1, -0.05) is 39.3 Å². The minimum atomic E-state index is 0.117. The first-order valence-electron chi connectivity index (χ1n) is 9.28. The molecule has 0 aromatic heterocycles. The topological polar surface area (TPSA) is 29.5 Å². The highest BCUT2D eigenvalue weighted by atomic mass is 16.5. The number of nitrogens with zero attached hydrogens (tertiary/aromatic N) is 1. The van der Waals surface area contributed by atoms with Gasteiger partial charge >= 0.3 is 0 Å². The molecule has 1 aromatic rings. The molecule has 1 aliphatic carbocycles. The Balaban J connectivity index is 1.75. The zero-order chi connectivity index (χ0) is 17.4. The van der Waals surface area contributed by atoms with Crippen molar-refractivity contribution in [3.63, 3.8) is 0 Å². The first-order chi connectivity index (χ1) is 11.4. The monoisotopic (exact) mass is 329 g/mol. The zero-order valence-electron chi connectivity index (χ0n) is 15.6. The zero-order valence-corrected chi connectivity index (χ0v) is 15.6. The molecule has 2 aliphatic rings. The van der Waals surface area contributed by atoms with Crippen LogP contribution >= 0.6 is 0 Å². The van der Waals surface area contributed by atoms with Crippen LogP contribution < -0.4 is 0 Å². The molecule has 0 bridgehead atoms. The standard InChI is InChI=1S/C21H31NO2/c1-20(2,3)17-10-8-16(9-11-17)19(23)22-14-6-13-21(15-22)12-5-7-18(21)24-4/h8-11,18H,5-7,12-15H2,1-4H3/t18-,21+/m1/s1. The average Bonchev–Trinajstić information content (AvgIpc) is 2.95. The summed E-state index contributed by atoms with van der Waals surface area (Å²) in [7, 11) is 1.82. The van der Waals surface area contributed by atoms with Gasteiger partial charge in [-0.15, -0.1) is 0 Å². The average molecular weight is 329 g/mol. The number of amides is 1. The number of methoxy groups -OCH3 is 1. The predicted octanol–water partition coefficient (Wildman–Crippen LogP) is 4.41. The number of benzene rings is 1. The summed E-state index contributed by atoms with van der Waals surface area (Å²) in [6.45, 7) is 8.32. The molecule has 1 heterocycles. The lowest BCUT2D eigenvalue weighted by Crippen LogP contribution is -2.49. The summed E-state index contributed by atoms with van der Waals surface area (Å²) in [4.78, 5) is 15.0. The Hall–Kier alpha value is -1.35. The van der Waals surface area contributed by atoms with E-state index < -0.39 is 0 Å². The van der Waals surface area contributed by atoms with Crippen molar-refractivity contribution < 1.29 is 9.53 Å². The second kappa shape index (κ2) is 6.51. The van der Waals surface area contributed by atoms with Crippen LogP contribution in [-0.4, -0.2) is 37.1 Å². The van der Waals surface area contributed by atoms with Gasteiger partial charge in [-0.25, -0.2) is 0 Å². The van der Waals surface area contributed by atoms with E-state index in [-0.39, 0.29) is 16.7 Å². The Morgan fingerprint density at radius 3 is 2.46 bits per heavy atom. The van der Waals surface area contributed by atoms with Gasteiger partial charge in [0.2, 0.25) is 0 Å². The lowest BCUT2D eigenvalue weighted by atomic mass is 9.76. The molecular formula is C21H31NO2. The highest BCUT2D eigenvalue weighted by Gasteiger charge is 2.46. The molecule has 3 heteroatoms. The van der Waals surface area contributed by atoms with E-state index in [2.05, 4.69) is 37.8 Å². The minimum Gasteiger partial charge on any atom is -0.381 e. The number of carbonyl (C=O) groups is 1. The quantitative estimate of drug-likeness (QED) is 0.804. The molecule has 1 saturated heterocycles. The molecule has 1 aliphatic heterocycles. The second-order valence-corrected chi connectivity index (χ2v) is 8.64. The molecule has 1 amide bonds. The number of piperidine rings is 1. The number of ether oxygens (including phenoxy) is 1. The van der Waals surface area contributed by atoms with Gasteiger partial charge in [-0.2, -0.15) is 0 Å². The first kappa shape index (κ1) is 17.5. The largest absolute Gasteiger partial charge is 0.381 e. The van der Waals surface area contributed by atoms with Crippen molar-refractivity contribution in [3.05, 3.63) is 35.4 Å². The van der Waals surface area contributed by atoms with Gasteiger partial charge in [0, 0.05) is 31.2 Å². The number of carbonyl (C=O) groups excluding carboxylic acids is 1.